The first-order valence-corrected chi connectivity index (χ1v) is 10.0. The summed E-state index contributed by atoms with van der Waals surface area (Å²) in [6, 6.07) is 18.1. The SMILES string of the molecule is CC(C)(C)c1ccc(N(C2=CCCC=C2)c2ccc(C(C)(C)C)cc2)cc1. The summed E-state index contributed by atoms with van der Waals surface area (Å²) in [6.45, 7) is 13.6. The topological polar surface area (TPSA) is 3.24 Å². The van der Waals surface area contributed by atoms with Crippen LogP contribution in [0.3, 0.4) is 0 Å². The number of allylic oxidation sites excluding steroid dienone is 3. The van der Waals surface area contributed by atoms with Gasteiger partial charge in [0.25, 0.3) is 0 Å². The summed E-state index contributed by atoms with van der Waals surface area (Å²) in [7, 11) is 0. The zero-order valence-electron chi connectivity index (χ0n) is 17.7. The Bertz CT molecular complexity index is 764. The van der Waals surface area contributed by atoms with Gasteiger partial charge in [0, 0.05) is 17.1 Å². The Morgan fingerprint density at radius 2 is 1.07 bits per heavy atom. The first-order chi connectivity index (χ1) is 12.7. The van der Waals surface area contributed by atoms with Crippen LogP contribution in [0.1, 0.15) is 65.5 Å². The van der Waals surface area contributed by atoms with E-state index in [1.807, 2.05) is 0 Å². The Balaban J connectivity index is 2.02. The van der Waals surface area contributed by atoms with Gasteiger partial charge in [-0.1, -0.05) is 78.0 Å². The standard InChI is InChI=1S/C26H33N/c1-25(2,3)20-12-16-23(17-13-20)27(22-10-8-7-9-11-22)24-18-14-21(15-19-24)26(4,5)6/h8,10-19H,7,9H2,1-6H3. The third-order valence-electron chi connectivity index (χ3n) is 5.22. The average Bonchev–Trinajstić information content (AvgIpc) is 2.62. The molecule has 0 aromatic heterocycles. The molecule has 1 heteroatoms. The normalized spacial score (nSPS) is 14.8. The smallest absolute Gasteiger partial charge is 0.0461 e. The molecule has 3 rings (SSSR count). The van der Waals surface area contributed by atoms with Crippen molar-refractivity contribution in [3.8, 4) is 0 Å². The summed E-state index contributed by atoms with van der Waals surface area (Å²) in [6.07, 6.45) is 9.09. The van der Waals surface area contributed by atoms with Gasteiger partial charge < -0.3 is 4.90 Å². The second-order valence-corrected chi connectivity index (χ2v) is 9.54. The zero-order chi connectivity index (χ0) is 19.7. The molecule has 1 nitrogen and oxygen atoms in total. The van der Waals surface area contributed by atoms with Gasteiger partial charge in [0.15, 0.2) is 0 Å². The van der Waals surface area contributed by atoms with Gasteiger partial charge in [0.1, 0.15) is 0 Å². The minimum absolute atomic E-state index is 0.168. The van der Waals surface area contributed by atoms with Gasteiger partial charge in [0.2, 0.25) is 0 Å². The van der Waals surface area contributed by atoms with E-state index >= 15 is 0 Å². The number of nitrogens with zero attached hydrogens (tertiary/aromatic N) is 1. The second-order valence-electron chi connectivity index (χ2n) is 9.54. The van der Waals surface area contributed by atoms with Crippen LogP contribution in [0.5, 0.6) is 0 Å². The summed E-state index contributed by atoms with van der Waals surface area (Å²) in [5.41, 5.74) is 6.75. The number of anilines is 2. The van der Waals surface area contributed by atoms with Crippen LogP contribution in [0.2, 0.25) is 0 Å². The summed E-state index contributed by atoms with van der Waals surface area (Å²) < 4.78 is 0. The highest BCUT2D eigenvalue weighted by molar-refractivity contribution is 5.71. The molecule has 2 aromatic carbocycles. The average molecular weight is 360 g/mol. The molecule has 0 N–H and O–H groups in total. The van der Waals surface area contributed by atoms with Crippen molar-refractivity contribution >= 4 is 11.4 Å². The van der Waals surface area contributed by atoms with Crippen molar-refractivity contribution in [3.05, 3.63) is 83.6 Å². The van der Waals surface area contributed by atoms with Crippen LogP contribution in [-0.4, -0.2) is 0 Å². The Hall–Kier alpha value is -2.28. The summed E-state index contributed by atoms with van der Waals surface area (Å²) in [4.78, 5) is 2.37. The molecule has 0 bridgehead atoms. The molecule has 0 saturated carbocycles. The fourth-order valence-electron chi connectivity index (χ4n) is 3.43. The minimum Gasteiger partial charge on any atom is -0.311 e. The summed E-state index contributed by atoms with van der Waals surface area (Å²) in [5.74, 6) is 0. The van der Waals surface area contributed by atoms with Gasteiger partial charge in [-0.05, 0) is 65.1 Å². The van der Waals surface area contributed by atoms with Crippen molar-refractivity contribution in [1.29, 1.82) is 0 Å². The van der Waals surface area contributed by atoms with Crippen LogP contribution >= 0.6 is 0 Å². The molecule has 2 aromatic rings. The lowest BCUT2D eigenvalue weighted by Crippen LogP contribution is -2.18. The van der Waals surface area contributed by atoms with Crippen molar-refractivity contribution in [1.82, 2.24) is 0 Å². The fraction of sp³-hybridized carbons (Fsp3) is 0.385. The van der Waals surface area contributed by atoms with Gasteiger partial charge in [-0.3, -0.25) is 0 Å². The lowest BCUT2D eigenvalue weighted by atomic mass is 9.86. The maximum Gasteiger partial charge on any atom is 0.0461 e. The van der Waals surface area contributed by atoms with E-state index in [-0.39, 0.29) is 10.8 Å². The molecule has 1 aliphatic carbocycles. The maximum atomic E-state index is 2.37. The molecule has 0 heterocycles. The molecular formula is C26H33N. The maximum absolute atomic E-state index is 2.37. The first-order valence-electron chi connectivity index (χ1n) is 10.0. The quantitative estimate of drug-likeness (QED) is 0.544. The molecule has 0 amide bonds. The van der Waals surface area contributed by atoms with Crippen LogP contribution in [0, 0.1) is 0 Å². The van der Waals surface area contributed by atoms with Crippen molar-refractivity contribution in [2.75, 3.05) is 4.90 Å². The Morgan fingerprint density at radius 1 is 0.630 bits per heavy atom. The van der Waals surface area contributed by atoms with Gasteiger partial charge in [-0.2, -0.15) is 0 Å². The van der Waals surface area contributed by atoms with E-state index in [1.165, 1.54) is 28.2 Å². The van der Waals surface area contributed by atoms with E-state index in [0.29, 0.717) is 0 Å². The van der Waals surface area contributed by atoms with Crippen LogP contribution < -0.4 is 4.90 Å². The predicted octanol–water partition coefficient (Wildman–Crippen LogP) is 7.65. The number of benzene rings is 2. The largest absolute Gasteiger partial charge is 0.311 e. The first kappa shape index (κ1) is 19.5. The molecule has 0 spiro atoms. The lowest BCUT2D eigenvalue weighted by Gasteiger charge is -2.29. The van der Waals surface area contributed by atoms with E-state index in [9.17, 15) is 0 Å². The van der Waals surface area contributed by atoms with Crippen LogP contribution in [0.4, 0.5) is 11.4 Å². The van der Waals surface area contributed by atoms with Crippen molar-refractivity contribution in [2.45, 2.75) is 65.2 Å². The highest BCUT2D eigenvalue weighted by Gasteiger charge is 2.19. The molecule has 0 atom stereocenters. The summed E-state index contributed by atoms with van der Waals surface area (Å²) >= 11 is 0. The molecule has 0 aliphatic heterocycles. The van der Waals surface area contributed by atoms with E-state index in [4.69, 9.17) is 0 Å². The summed E-state index contributed by atoms with van der Waals surface area (Å²) in [5, 5.41) is 0. The Labute approximate surface area is 165 Å². The lowest BCUT2D eigenvalue weighted by molar-refractivity contribution is 0.590. The van der Waals surface area contributed by atoms with Gasteiger partial charge in [-0.25, -0.2) is 0 Å². The molecule has 1 aliphatic rings. The van der Waals surface area contributed by atoms with E-state index in [1.54, 1.807) is 0 Å². The van der Waals surface area contributed by atoms with Crippen LogP contribution in [0.25, 0.3) is 0 Å². The van der Waals surface area contributed by atoms with Crippen molar-refractivity contribution in [3.63, 3.8) is 0 Å². The van der Waals surface area contributed by atoms with Crippen molar-refractivity contribution < 1.29 is 0 Å². The zero-order valence-corrected chi connectivity index (χ0v) is 17.7. The monoisotopic (exact) mass is 359 g/mol. The second kappa shape index (κ2) is 7.38. The number of hydrogen-bond donors (Lipinski definition) is 0. The Morgan fingerprint density at radius 3 is 1.41 bits per heavy atom. The molecule has 0 fully saturated rings. The number of hydrogen-bond acceptors (Lipinski definition) is 1. The van der Waals surface area contributed by atoms with Crippen molar-refractivity contribution in [2.24, 2.45) is 0 Å². The third kappa shape index (κ3) is 4.53. The molecule has 142 valence electrons. The van der Waals surface area contributed by atoms with E-state index in [2.05, 4.69) is 113 Å². The Kier molecular flexibility index (Phi) is 5.33. The third-order valence-corrected chi connectivity index (χ3v) is 5.22. The van der Waals surface area contributed by atoms with Gasteiger partial charge >= 0.3 is 0 Å². The van der Waals surface area contributed by atoms with Crippen LogP contribution in [0.15, 0.2) is 72.5 Å². The van der Waals surface area contributed by atoms with Crippen LogP contribution in [-0.2, 0) is 10.8 Å². The molecular weight excluding hydrogens is 326 g/mol. The highest BCUT2D eigenvalue weighted by Crippen LogP contribution is 2.35. The number of rotatable bonds is 3. The van der Waals surface area contributed by atoms with E-state index in [0.717, 1.165) is 12.8 Å². The molecule has 0 unspecified atom stereocenters. The van der Waals surface area contributed by atoms with E-state index < -0.39 is 0 Å². The van der Waals surface area contributed by atoms with Gasteiger partial charge in [-0.15, -0.1) is 0 Å². The highest BCUT2D eigenvalue weighted by atomic mass is 15.1. The predicted molar refractivity (Wildman–Crippen MR) is 119 cm³/mol. The minimum atomic E-state index is 0.168. The fourth-order valence-corrected chi connectivity index (χ4v) is 3.43. The molecule has 27 heavy (non-hydrogen) atoms. The van der Waals surface area contributed by atoms with Gasteiger partial charge in [0.05, 0.1) is 0 Å². The molecule has 0 saturated heterocycles. The molecule has 0 radical (unpaired) electrons.